The van der Waals surface area contributed by atoms with Gasteiger partial charge in [-0.2, -0.15) is 0 Å². The van der Waals surface area contributed by atoms with Crippen LogP contribution >= 0.6 is 0 Å². The Morgan fingerprint density at radius 2 is 1.85 bits per heavy atom. The zero-order valence-electron chi connectivity index (χ0n) is 17.8. The molecule has 3 fully saturated rings. The van der Waals surface area contributed by atoms with E-state index in [9.17, 15) is 4.79 Å². The topological polar surface area (TPSA) is 66.0 Å². The Morgan fingerprint density at radius 1 is 1.19 bits per heavy atom. The molecule has 6 heteroatoms. The van der Waals surface area contributed by atoms with Crippen LogP contribution in [0, 0.1) is 17.3 Å². The van der Waals surface area contributed by atoms with Gasteiger partial charge >= 0.3 is 0 Å². The van der Waals surface area contributed by atoms with E-state index in [0.29, 0.717) is 30.0 Å². The number of fused-ring (bicyclic) bond motifs is 1. The third kappa shape index (κ3) is 3.96. The number of aliphatic imine (C=N–C) groups is 1. The summed E-state index contributed by atoms with van der Waals surface area (Å²) in [7, 11) is 1.84. The lowest BCUT2D eigenvalue weighted by Gasteiger charge is -2.55. The number of guanidine groups is 1. The van der Waals surface area contributed by atoms with Crippen LogP contribution in [0.1, 0.15) is 59.8 Å². The summed E-state index contributed by atoms with van der Waals surface area (Å²) in [5.74, 6) is 2.01. The molecule has 0 aromatic carbocycles. The number of hydrogen-bond acceptors (Lipinski definition) is 3. The summed E-state index contributed by atoms with van der Waals surface area (Å²) in [4.78, 5) is 19.1. The molecule has 2 N–H and O–H groups in total. The highest BCUT2D eigenvalue weighted by Gasteiger charge is 2.59. The number of carbonyl (C=O) groups excluding carboxylic acids is 1. The molecule has 3 atom stereocenters. The Bertz CT molecular complexity index is 550. The molecule has 0 aromatic rings. The van der Waals surface area contributed by atoms with Crippen molar-refractivity contribution in [2.24, 2.45) is 22.2 Å². The number of amides is 1. The molecule has 1 aliphatic carbocycles. The maximum Gasteiger partial charge on any atom is 0.225 e. The van der Waals surface area contributed by atoms with Crippen molar-refractivity contribution in [2.45, 2.75) is 78.0 Å². The number of carbonyl (C=O) groups is 1. The number of nitrogens with one attached hydrogen (secondary N) is 2. The standard InChI is InChI=1S/C21H38N4O2/c1-6-14(7-2)19(26)25-11-8-15(9-12-25)23-20(22-5)24-17-16-10-13-27-18(16)21(17,3)4/h14-18H,6-13H2,1-5H3,(H2,22,23,24). The molecule has 0 aromatic heterocycles. The molecule has 0 radical (unpaired) electrons. The van der Waals surface area contributed by atoms with Crippen molar-refractivity contribution in [2.75, 3.05) is 26.7 Å². The van der Waals surface area contributed by atoms with Crippen molar-refractivity contribution in [3.63, 3.8) is 0 Å². The minimum Gasteiger partial charge on any atom is -0.377 e. The van der Waals surface area contributed by atoms with E-state index >= 15 is 0 Å². The Kier molecular flexibility index (Phi) is 6.34. The molecule has 1 amide bonds. The van der Waals surface area contributed by atoms with Gasteiger partial charge in [-0.15, -0.1) is 0 Å². The monoisotopic (exact) mass is 378 g/mol. The lowest BCUT2D eigenvalue weighted by molar-refractivity contribution is -0.136. The molecule has 3 unspecified atom stereocenters. The summed E-state index contributed by atoms with van der Waals surface area (Å²) in [6, 6.07) is 0.786. The summed E-state index contributed by atoms with van der Waals surface area (Å²) < 4.78 is 5.90. The lowest BCUT2D eigenvalue weighted by Crippen LogP contribution is -2.68. The summed E-state index contributed by atoms with van der Waals surface area (Å²) in [6.45, 7) is 11.4. The van der Waals surface area contributed by atoms with E-state index in [1.54, 1.807) is 0 Å². The largest absolute Gasteiger partial charge is 0.377 e. The van der Waals surface area contributed by atoms with Crippen molar-refractivity contribution in [1.29, 1.82) is 0 Å². The van der Waals surface area contributed by atoms with Crippen LogP contribution in [0.25, 0.3) is 0 Å². The van der Waals surface area contributed by atoms with Gasteiger partial charge in [0.25, 0.3) is 0 Å². The molecule has 2 saturated heterocycles. The van der Waals surface area contributed by atoms with E-state index in [0.717, 1.165) is 57.8 Å². The normalized spacial score (nSPS) is 30.8. The predicted molar refractivity (Wildman–Crippen MR) is 109 cm³/mol. The maximum atomic E-state index is 12.6. The Balaban J connectivity index is 1.48. The molecule has 1 saturated carbocycles. The summed E-state index contributed by atoms with van der Waals surface area (Å²) >= 11 is 0. The van der Waals surface area contributed by atoms with Crippen molar-refractivity contribution < 1.29 is 9.53 Å². The number of piperidine rings is 1. The minimum absolute atomic E-state index is 0.143. The van der Waals surface area contributed by atoms with E-state index in [1.165, 1.54) is 0 Å². The summed E-state index contributed by atoms with van der Waals surface area (Å²) in [5.41, 5.74) is 0.143. The quantitative estimate of drug-likeness (QED) is 0.569. The van der Waals surface area contributed by atoms with Crippen LogP contribution < -0.4 is 10.6 Å². The van der Waals surface area contributed by atoms with E-state index < -0.39 is 0 Å². The predicted octanol–water partition coefficient (Wildman–Crippen LogP) is 2.39. The van der Waals surface area contributed by atoms with Crippen LogP contribution in [-0.4, -0.2) is 61.7 Å². The van der Waals surface area contributed by atoms with E-state index in [4.69, 9.17) is 4.74 Å². The van der Waals surface area contributed by atoms with Gasteiger partial charge in [0.15, 0.2) is 5.96 Å². The number of nitrogens with zero attached hydrogens (tertiary/aromatic N) is 2. The van der Waals surface area contributed by atoms with Crippen molar-refractivity contribution >= 4 is 11.9 Å². The van der Waals surface area contributed by atoms with Crippen LogP contribution in [0.15, 0.2) is 4.99 Å². The minimum atomic E-state index is 0.143. The molecular weight excluding hydrogens is 340 g/mol. The van der Waals surface area contributed by atoms with Gasteiger partial charge in [-0.3, -0.25) is 9.79 Å². The Labute approximate surface area is 164 Å². The molecule has 2 heterocycles. The van der Waals surface area contributed by atoms with Crippen LogP contribution in [0.3, 0.4) is 0 Å². The number of likely N-dealkylation sites (tertiary alicyclic amines) is 1. The van der Waals surface area contributed by atoms with Crippen molar-refractivity contribution in [1.82, 2.24) is 15.5 Å². The fourth-order valence-electron chi connectivity index (χ4n) is 5.27. The first kappa shape index (κ1) is 20.4. The first-order chi connectivity index (χ1) is 12.9. The number of rotatable bonds is 5. The fourth-order valence-corrected chi connectivity index (χ4v) is 5.27. The van der Waals surface area contributed by atoms with E-state index in [2.05, 4.69) is 48.2 Å². The van der Waals surface area contributed by atoms with Crippen molar-refractivity contribution in [3.05, 3.63) is 0 Å². The maximum absolute atomic E-state index is 12.6. The van der Waals surface area contributed by atoms with Crippen LogP contribution in [-0.2, 0) is 9.53 Å². The second-order valence-corrected chi connectivity index (χ2v) is 9.02. The smallest absolute Gasteiger partial charge is 0.225 e. The van der Waals surface area contributed by atoms with E-state index in [-0.39, 0.29) is 11.3 Å². The average Bonchev–Trinajstić information content (AvgIpc) is 3.13. The molecule has 0 spiro atoms. The Hall–Kier alpha value is -1.30. The first-order valence-corrected chi connectivity index (χ1v) is 10.8. The highest BCUT2D eigenvalue weighted by molar-refractivity contribution is 5.81. The first-order valence-electron chi connectivity index (χ1n) is 10.8. The fraction of sp³-hybridized carbons (Fsp3) is 0.905. The summed E-state index contributed by atoms with van der Waals surface area (Å²) in [6.07, 6.45) is 5.36. The molecule has 6 nitrogen and oxygen atoms in total. The number of hydrogen-bond donors (Lipinski definition) is 2. The van der Waals surface area contributed by atoms with Crippen LogP contribution in [0.4, 0.5) is 0 Å². The van der Waals surface area contributed by atoms with Crippen LogP contribution in [0.2, 0.25) is 0 Å². The molecule has 154 valence electrons. The van der Waals surface area contributed by atoms with Gasteiger partial charge in [0.05, 0.1) is 6.10 Å². The third-order valence-electron chi connectivity index (χ3n) is 7.10. The second-order valence-electron chi connectivity index (χ2n) is 9.02. The van der Waals surface area contributed by atoms with Crippen LogP contribution in [0.5, 0.6) is 0 Å². The van der Waals surface area contributed by atoms with Gasteiger partial charge < -0.3 is 20.3 Å². The SMILES string of the molecule is CCC(CC)C(=O)N1CCC(NC(=NC)NC2C3CCOC3C2(C)C)CC1. The van der Waals surface area contributed by atoms with Gasteiger partial charge in [0.2, 0.25) is 5.91 Å². The van der Waals surface area contributed by atoms with Gasteiger partial charge in [-0.25, -0.2) is 0 Å². The van der Waals surface area contributed by atoms with E-state index in [1.807, 2.05) is 7.05 Å². The highest BCUT2D eigenvalue weighted by atomic mass is 16.5. The van der Waals surface area contributed by atoms with Crippen molar-refractivity contribution in [3.8, 4) is 0 Å². The highest BCUT2D eigenvalue weighted by Crippen LogP contribution is 2.52. The zero-order chi connectivity index (χ0) is 19.6. The average molecular weight is 379 g/mol. The van der Waals surface area contributed by atoms with Gasteiger partial charge in [0, 0.05) is 56.1 Å². The second kappa shape index (κ2) is 8.38. The van der Waals surface area contributed by atoms with Gasteiger partial charge in [-0.05, 0) is 32.1 Å². The van der Waals surface area contributed by atoms with Gasteiger partial charge in [0.1, 0.15) is 0 Å². The molecule has 3 rings (SSSR count). The number of ether oxygens (including phenoxy) is 1. The van der Waals surface area contributed by atoms with Gasteiger partial charge in [-0.1, -0.05) is 27.7 Å². The lowest BCUT2D eigenvalue weighted by atomic mass is 9.57. The summed E-state index contributed by atoms with van der Waals surface area (Å²) in [5, 5.41) is 7.26. The molecule has 27 heavy (non-hydrogen) atoms. The molecule has 2 aliphatic heterocycles. The molecule has 3 aliphatic rings. The zero-order valence-corrected chi connectivity index (χ0v) is 17.8. The Morgan fingerprint density at radius 3 is 2.44 bits per heavy atom. The molecule has 0 bridgehead atoms. The molecular formula is C21H38N4O2. The third-order valence-corrected chi connectivity index (χ3v) is 7.10.